The molecule has 0 amide bonds. The molecule has 2 rings (SSSR count). The zero-order chi connectivity index (χ0) is 14.9. The van der Waals surface area contributed by atoms with E-state index in [2.05, 4.69) is 0 Å². The third kappa shape index (κ3) is 2.88. The number of nitrogens with zero attached hydrogens (tertiary/aromatic N) is 1. The molecule has 0 fully saturated rings. The summed E-state index contributed by atoms with van der Waals surface area (Å²) in [5.41, 5.74) is 0.266. The van der Waals surface area contributed by atoms with E-state index < -0.39 is 11.7 Å². The van der Waals surface area contributed by atoms with E-state index in [1.807, 2.05) is 0 Å². The molecule has 0 aliphatic carbocycles. The quantitative estimate of drug-likeness (QED) is 0.771. The Kier molecular flexibility index (Phi) is 3.90. The Balaban J connectivity index is 2.60. The highest BCUT2D eigenvalue weighted by Gasteiger charge is 2.30. The third-order valence-corrected chi connectivity index (χ3v) is 3.20. The molecule has 20 heavy (non-hydrogen) atoms. The number of halogens is 4. The Labute approximate surface area is 118 Å². The number of alkyl halides is 4. The van der Waals surface area contributed by atoms with Crippen molar-refractivity contribution in [2.24, 2.45) is 0 Å². The van der Waals surface area contributed by atoms with Gasteiger partial charge in [-0.3, -0.25) is 4.79 Å². The fourth-order valence-corrected chi connectivity index (χ4v) is 2.08. The minimum absolute atomic E-state index is 0.0120. The van der Waals surface area contributed by atoms with Gasteiger partial charge in [0.15, 0.2) is 5.43 Å². The second-order valence-corrected chi connectivity index (χ2v) is 4.62. The number of hydrogen-bond acceptors (Lipinski definition) is 1. The topological polar surface area (TPSA) is 22.0 Å². The van der Waals surface area contributed by atoms with Crippen LogP contribution in [0.2, 0.25) is 0 Å². The van der Waals surface area contributed by atoms with Crippen LogP contribution >= 0.6 is 11.6 Å². The lowest BCUT2D eigenvalue weighted by atomic mass is 10.1. The molecule has 106 valence electrons. The maximum absolute atomic E-state index is 12.7. The van der Waals surface area contributed by atoms with Crippen LogP contribution in [0.1, 0.15) is 16.8 Å². The van der Waals surface area contributed by atoms with E-state index in [1.54, 1.807) is 13.0 Å². The van der Waals surface area contributed by atoms with Crippen molar-refractivity contribution in [2.75, 3.05) is 0 Å². The van der Waals surface area contributed by atoms with Crippen molar-refractivity contribution in [1.29, 1.82) is 0 Å². The second kappa shape index (κ2) is 5.32. The van der Waals surface area contributed by atoms with Crippen LogP contribution in [0.25, 0.3) is 5.69 Å². The number of rotatable bonds is 2. The van der Waals surface area contributed by atoms with Gasteiger partial charge >= 0.3 is 6.18 Å². The minimum Gasteiger partial charge on any atom is -0.321 e. The number of pyridine rings is 1. The van der Waals surface area contributed by atoms with E-state index in [-0.39, 0.29) is 11.3 Å². The van der Waals surface area contributed by atoms with Gasteiger partial charge in [0.2, 0.25) is 0 Å². The lowest BCUT2D eigenvalue weighted by Gasteiger charge is -2.14. The largest absolute Gasteiger partial charge is 0.416 e. The van der Waals surface area contributed by atoms with Gasteiger partial charge in [-0.05, 0) is 25.1 Å². The van der Waals surface area contributed by atoms with E-state index >= 15 is 0 Å². The lowest BCUT2D eigenvalue weighted by molar-refractivity contribution is -0.137. The van der Waals surface area contributed by atoms with E-state index in [0.717, 1.165) is 12.1 Å². The highest BCUT2D eigenvalue weighted by Crippen LogP contribution is 2.30. The molecule has 0 saturated heterocycles. The molecule has 0 N–H and O–H groups in total. The predicted octanol–water partition coefficient (Wildman–Crippen LogP) is 3.90. The third-order valence-electron chi connectivity index (χ3n) is 2.92. The second-order valence-electron chi connectivity index (χ2n) is 4.36. The zero-order valence-electron chi connectivity index (χ0n) is 10.5. The SMILES string of the molecule is Cc1cc(=O)c(CCl)cn1-c1cccc(C(F)(F)F)c1. The maximum Gasteiger partial charge on any atom is 0.416 e. The lowest BCUT2D eigenvalue weighted by Crippen LogP contribution is -2.13. The minimum atomic E-state index is -4.40. The number of hydrogen-bond donors (Lipinski definition) is 0. The number of aryl methyl sites for hydroxylation is 1. The van der Waals surface area contributed by atoms with Crippen molar-refractivity contribution in [2.45, 2.75) is 19.0 Å². The van der Waals surface area contributed by atoms with Crippen molar-refractivity contribution in [1.82, 2.24) is 4.57 Å². The molecule has 0 bridgehead atoms. The van der Waals surface area contributed by atoms with Crippen LogP contribution in [0.15, 0.2) is 41.3 Å². The van der Waals surface area contributed by atoms with Gasteiger partial charge in [-0.1, -0.05) is 6.07 Å². The first-order chi connectivity index (χ1) is 9.32. The summed E-state index contributed by atoms with van der Waals surface area (Å²) in [6.07, 6.45) is -2.93. The van der Waals surface area contributed by atoms with Crippen LogP contribution in [0, 0.1) is 6.92 Å². The molecule has 0 radical (unpaired) electrons. The summed E-state index contributed by atoms with van der Waals surface area (Å²) in [6.45, 7) is 1.65. The summed E-state index contributed by atoms with van der Waals surface area (Å²) in [5, 5.41) is 0. The molecule has 1 heterocycles. The Morgan fingerprint density at radius 3 is 2.55 bits per heavy atom. The Bertz CT molecular complexity index is 692. The molecule has 2 aromatic rings. The summed E-state index contributed by atoms with van der Waals surface area (Å²) in [5.74, 6) is 0.0120. The molecule has 6 heteroatoms. The van der Waals surface area contributed by atoms with Crippen molar-refractivity contribution in [3.8, 4) is 5.69 Å². The molecule has 1 aromatic carbocycles. The van der Waals surface area contributed by atoms with Gasteiger partial charge in [-0.25, -0.2) is 0 Å². The molecule has 0 atom stereocenters. The fraction of sp³-hybridized carbons (Fsp3) is 0.214. The van der Waals surface area contributed by atoms with Crippen molar-refractivity contribution < 1.29 is 13.2 Å². The summed E-state index contributed by atoms with van der Waals surface area (Å²) in [6, 6.07) is 6.28. The van der Waals surface area contributed by atoms with Crippen LogP contribution in [0.4, 0.5) is 13.2 Å². The normalized spacial score (nSPS) is 11.7. The molecule has 0 aliphatic heterocycles. The molecule has 0 saturated carbocycles. The maximum atomic E-state index is 12.7. The Hall–Kier alpha value is -1.75. The molecule has 2 nitrogen and oxygen atoms in total. The van der Waals surface area contributed by atoms with Gasteiger partial charge in [0, 0.05) is 29.2 Å². The van der Waals surface area contributed by atoms with Crippen molar-refractivity contribution in [3.63, 3.8) is 0 Å². The molecule has 1 aromatic heterocycles. The van der Waals surface area contributed by atoms with Gasteiger partial charge in [0.1, 0.15) is 0 Å². The van der Waals surface area contributed by atoms with E-state index in [0.29, 0.717) is 16.9 Å². The highest BCUT2D eigenvalue weighted by molar-refractivity contribution is 6.17. The van der Waals surface area contributed by atoms with Crippen LogP contribution in [-0.2, 0) is 12.1 Å². The van der Waals surface area contributed by atoms with E-state index in [1.165, 1.54) is 22.9 Å². The van der Waals surface area contributed by atoms with E-state index in [9.17, 15) is 18.0 Å². The van der Waals surface area contributed by atoms with Gasteiger partial charge < -0.3 is 4.57 Å². The van der Waals surface area contributed by atoms with Crippen LogP contribution in [0.5, 0.6) is 0 Å². The zero-order valence-corrected chi connectivity index (χ0v) is 11.3. The molecule has 0 spiro atoms. The predicted molar refractivity (Wildman–Crippen MR) is 71.3 cm³/mol. The highest BCUT2D eigenvalue weighted by atomic mass is 35.5. The monoisotopic (exact) mass is 301 g/mol. The first kappa shape index (κ1) is 14.7. The standard InChI is InChI=1S/C14H11ClF3NO/c1-9-5-13(20)10(7-15)8-19(9)12-4-2-3-11(6-12)14(16,17)18/h2-6,8H,7H2,1H3. The van der Waals surface area contributed by atoms with Gasteiger partial charge in [0.05, 0.1) is 11.4 Å². The number of aromatic nitrogens is 1. The Morgan fingerprint density at radius 1 is 1.25 bits per heavy atom. The van der Waals surface area contributed by atoms with Crippen molar-refractivity contribution >= 4 is 11.6 Å². The number of benzene rings is 1. The van der Waals surface area contributed by atoms with Crippen LogP contribution in [-0.4, -0.2) is 4.57 Å². The van der Waals surface area contributed by atoms with Gasteiger partial charge in [-0.15, -0.1) is 11.6 Å². The average molecular weight is 302 g/mol. The van der Waals surface area contributed by atoms with E-state index in [4.69, 9.17) is 11.6 Å². The average Bonchev–Trinajstić information content (AvgIpc) is 2.38. The first-order valence-corrected chi connectivity index (χ1v) is 6.32. The van der Waals surface area contributed by atoms with Crippen LogP contribution in [0.3, 0.4) is 0 Å². The molecular formula is C14H11ClF3NO. The summed E-state index contributed by atoms with van der Waals surface area (Å²) in [7, 11) is 0. The fourth-order valence-electron chi connectivity index (χ4n) is 1.88. The molecule has 0 unspecified atom stereocenters. The van der Waals surface area contributed by atoms with Crippen LogP contribution < -0.4 is 5.43 Å². The molecular weight excluding hydrogens is 291 g/mol. The summed E-state index contributed by atoms with van der Waals surface area (Å²) in [4.78, 5) is 11.6. The van der Waals surface area contributed by atoms with Crippen molar-refractivity contribution in [3.05, 3.63) is 63.6 Å². The smallest absolute Gasteiger partial charge is 0.321 e. The Morgan fingerprint density at radius 2 is 1.95 bits per heavy atom. The molecule has 0 aliphatic rings. The summed E-state index contributed by atoms with van der Waals surface area (Å²) < 4.78 is 39.7. The summed E-state index contributed by atoms with van der Waals surface area (Å²) >= 11 is 5.65. The first-order valence-electron chi connectivity index (χ1n) is 5.78. The van der Waals surface area contributed by atoms with Gasteiger partial charge in [-0.2, -0.15) is 13.2 Å². The van der Waals surface area contributed by atoms with Gasteiger partial charge in [0.25, 0.3) is 0 Å².